The number of morpholine rings is 1. The molecule has 1 aromatic heterocycles. The van der Waals surface area contributed by atoms with Gasteiger partial charge in [-0.3, -0.25) is 9.59 Å². The molecule has 2 heterocycles. The maximum Gasteiger partial charge on any atom is 0.253 e. The Morgan fingerprint density at radius 2 is 2.13 bits per heavy atom. The number of nitrogens with zero attached hydrogens (tertiary/aromatic N) is 2. The van der Waals surface area contributed by atoms with Crippen molar-refractivity contribution in [3.05, 3.63) is 52.3 Å². The molecule has 3 aromatic rings. The summed E-state index contributed by atoms with van der Waals surface area (Å²) in [5.41, 5.74) is 2.71. The molecule has 162 valence electrons. The molecule has 4 rings (SSSR count). The van der Waals surface area contributed by atoms with E-state index in [1.54, 1.807) is 35.2 Å². The Hall–Kier alpha value is -2.61. The van der Waals surface area contributed by atoms with E-state index in [1.807, 2.05) is 13.0 Å². The average molecular weight is 461 g/mol. The number of halogens is 2. The fraction of sp³-hybridized carbons (Fsp3) is 0.318. The summed E-state index contributed by atoms with van der Waals surface area (Å²) in [6.07, 6.45) is 1.45. The molecule has 1 aliphatic rings. The van der Waals surface area contributed by atoms with Crippen molar-refractivity contribution in [1.82, 2.24) is 9.97 Å². The van der Waals surface area contributed by atoms with E-state index in [1.165, 1.54) is 0 Å². The lowest BCUT2D eigenvalue weighted by Gasteiger charge is -2.27. The van der Waals surface area contributed by atoms with E-state index in [0.717, 1.165) is 17.5 Å². The van der Waals surface area contributed by atoms with Crippen LogP contribution < -0.4 is 10.2 Å². The van der Waals surface area contributed by atoms with Crippen LogP contribution in [0.15, 0.2) is 36.4 Å². The summed E-state index contributed by atoms with van der Waals surface area (Å²) in [4.78, 5) is 34.5. The number of carbonyl (C=O) groups excluding carboxylic acids is 2. The molecular formula is C22H22Cl2N4O3. The van der Waals surface area contributed by atoms with E-state index < -0.39 is 5.92 Å². The lowest BCUT2D eigenvalue weighted by atomic mass is 10.0. The predicted octanol–water partition coefficient (Wildman–Crippen LogP) is 4.76. The third kappa shape index (κ3) is 4.69. The number of nitrogens with one attached hydrogen (secondary N) is 2. The van der Waals surface area contributed by atoms with Crippen LogP contribution in [0.4, 0.5) is 11.4 Å². The number of aromatic amines is 1. The second-order valence-electron chi connectivity index (χ2n) is 7.38. The van der Waals surface area contributed by atoms with Gasteiger partial charge in [0.25, 0.3) is 5.91 Å². The Kier molecular flexibility index (Phi) is 6.46. The fourth-order valence-electron chi connectivity index (χ4n) is 3.65. The van der Waals surface area contributed by atoms with E-state index in [2.05, 4.69) is 15.3 Å². The second-order valence-corrected chi connectivity index (χ2v) is 8.22. The minimum atomic E-state index is -0.449. The summed E-state index contributed by atoms with van der Waals surface area (Å²) in [5.74, 6) is -0.176. The van der Waals surface area contributed by atoms with Gasteiger partial charge in [-0.15, -0.1) is 0 Å². The second kappa shape index (κ2) is 9.26. The maximum absolute atomic E-state index is 13.1. The lowest BCUT2D eigenvalue weighted by Crippen LogP contribution is -2.41. The van der Waals surface area contributed by atoms with Gasteiger partial charge >= 0.3 is 0 Å². The first-order valence-electron chi connectivity index (χ1n) is 10.1. The van der Waals surface area contributed by atoms with Gasteiger partial charge in [0, 0.05) is 17.3 Å². The molecule has 1 fully saturated rings. The molecule has 0 bridgehead atoms. The van der Waals surface area contributed by atoms with Gasteiger partial charge in [0.15, 0.2) is 0 Å². The Bertz CT molecular complexity index is 1130. The van der Waals surface area contributed by atoms with Crippen molar-refractivity contribution in [3.8, 4) is 0 Å². The molecule has 31 heavy (non-hydrogen) atoms. The fourth-order valence-corrected chi connectivity index (χ4v) is 4.11. The SMILES string of the molecule is CCCC(C(=O)Nc1ccc(N2CCOCC2=O)c(Cl)c1)c1nc2ccc(Cl)cc2[nH]1. The zero-order valence-electron chi connectivity index (χ0n) is 17.0. The van der Waals surface area contributed by atoms with Gasteiger partial charge in [0.05, 0.1) is 34.3 Å². The first-order chi connectivity index (χ1) is 15.0. The van der Waals surface area contributed by atoms with Gasteiger partial charge in [-0.25, -0.2) is 4.98 Å². The van der Waals surface area contributed by atoms with Crippen molar-refractivity contribution in [2.24, 2.45) is 0 Å². The molecular weight excluding hydrogens is 439 g/mol. The highest BCUT2D eigenvalue weighted by molar-refractivity contribution is 6.34. The van der Waals surface area contributed by atoms with Gasteiger partial charge < -0.3 is 19.9 Å². The summed E-state index contributed by atoms with van der Waals surface area (Å²) in [6, 6.07) is 10.5. The van der Waals surface area contributed by atoms with Crippen LogP contribution >= 0.6 is 23.2 Å². The number of aromatic nitrogens is 2. The number of anilines is 2. The number of hydrogen-bond donors (Lipinski definition) is 2. The molecule has 2 aromatic carbocycles. The number of ether oxygens (including phenoxy) is 1. The van der Waals surface area contributed by atoms with Crippen molar-refractivity contribution < 1.29 is 14.3 Å². The number of hydrogen-bond acceptors (Lipinski definition) is 4. The highest BCUT2D eigenvalue weighted by atomic mass is 35.5. The molecule has 1 unspecified atom stereocenters. The van der Waals surface area contributed by atoms with Crippen LogP contribution in [0.5, 0.6) is 0 Å². The number of amides is 2. The lowest BCUT2D eigenvalue weighted by molar-refractivity contribution is -0.125. The average Bonchev–Trinajstić information content (AvgIpc) is 3.15. The molecule has 2 amide bonds. The molecule has 1 saturated heterocycles. The summed E-state index contributed by atoms with van der Waals surface area (Å²) >= 11 is 12.5. The molecule has 1 atom stereocenters. The molecule has 0 aliphatic carbocycles. The van der Waals surface area contributed by atoms with Crippen molar-refractivity contribution >= 4 is 57.4 Å². The minimum absolute atomic E-state index is 0.0379. The molecule has 0 spiro atoms. The smallest absolute Gasteiger partial charge is 0.253 e. The summed E-state index contributed by atoms with van der Waals surface area (Å²) in [7, 11) is 0. The zero-order chi connectivity index (χ0) is 22.0. The van der Waals surface area contributed by atoms with Crippen LogP contribution in [0.25, 0.3) is 11.0 Å². The third-order valence-corrected chi connectivity index (χ3v) is 5.72. The van der Waals surface area contributed by atoms with E-state index in [4.69, 9.17) is 27.9 Å². The quantitative estimate of drug-likeness (QED) is 0.555. The van der Waals surface area contributed by atoms with Crippen molar-refractivity contribution in [1.29, 1.82) is 0 Å². The van der Waals surface area contributed by atoms with Crippen molar-refractivity contribution in [2.75, 3.05) is 30.0 Å². The van der Waals surface area contributed by atoms with Crippen LogP contribution in [0.2, 0.25) is 10.0 Å². The highest BCUT2D eigenvalue weighted by Crippen LogP contribution is 2.31. The largest absolute Gasteiger partial charge is 0.370 e. The number of fused-ring (bicyclic) bond motifs is 1. The molecule has 9 heteroatoms. The van der Waals surface area contributed by atoms with E-state index >= 15 is 0 Å². The van der Waals surface area contributed by atoms with Gasteiger partial charge in [-0.2, -0.15) is 0 Å². The molecule has 2 N–H and O–H groups in total. The first kappa shape index (κ1) is 21.6. The van der Waals surface area contributed by atoms with Crippen LogP contribution in [-0.4, -0.2) is 41.5 Å². The monoisotopic (exact) mass is 460 g/mol. The van der Waals surface area contributed by atoms with Crippen LogP contribution in [0.1, 0.15) is 31.5 Å². The minimum Gasteiger partial charge on any atom is -0.370 e. The number of rotatable bonds is 6. The Morgan fingerprint density at radius 3 is 2.87 bits per heavy atom. The van der Waals surface area contributed by atoms with Gasteiger partial charge in [-0.1, -0.05) is 36.5 Å². The number of benzene rings is 2. The molecule has 0 saturated carbocycles. The molecule has 0 radical (unpaired) electrons. The summed E-state index contributed by atoms with van der Waals surface area (Å²) in [5, 5.41) is 3.92. The Morgan fingerprint density at radius 1 is 1.29 bits per heavy atom. The molecule has 1 aliphatic heterocycles. The maximum atomic E-state index is 13.1. The predicted molar refractivity (Wildman–Crippen MR) is 122 cm³/mol. The number of H-pyrrole nitrogens is 1. The Labute approximate surface area is 189 Å². The van der Waals surface area contributed by atoms with E-state index in [0.29, 0.717) is 46.8 Å². The normalized spacial score (nSPS) is 15.3. The van der Waals surface area contributed by atoms with Gasteiger partial charge in [0.2, 0.25) is 5.91 Å². The summed E-state index contributed by atoms with van der Waals surface area (Å²) < 4.78 is 5.16. The van der Waals surface area contributed by atoms with E-state index in [9.17, 15) is 9.59 Å². The third-order valence-electron chi connectivity index (χ3n) is 5.18. The standard InChI is InChI=1S/C22H22Cl2N4O3/c1-2-3-15(21-26-17-6-4-13(23)10-18(17)27-21)22(30)25-14-5-7-19(16(24)11-14)28-8-9-31-12-20(28)29/h4-7,10-11,15H,2-3,8-9,12H2,1H3,(H,25,30)(H,26,27). The number of carbonyl (C=O) groups is 2. The van der Waals surface area contributed by atoms with Crippen LogP contribution in [-0.2, 0) is 14.3 Å². The topological polar surface area (TPSA) is 87.3 Å². The summed E-state index contributed by atoms with van der Waals surface area (Å²) in [6.45, 7) is 2.96. The number of imidazole rings is 1. The van der Waals surface area contributed by atoms with Crippen molar-refractivity contribution in [2.45, 2.75) is 25.7 Å². The first-order valence-corrected chi connectivity index (χ1v) is 10.9. The van der Waals surface area contributed by atoms with Gasteiger partial charge in [0.1, 0.15) is 12.4 Å². The van der Waals surface area contributed by atoms with E-state index in [-0.39, 0.29) is 18.4 Å². The Balaban J connectivity index is 1.54. The zero-order valence-corrected chi connectivity index (χ0v) is 18.5. The molecule has 7 nitrogen and oxygen atoms in total. The van der Waals surface area contributed by atoms with Crippen LogP contribution in [0, 0.1) is 0 Å². The van der Waals surface area contributed by atoms with Gasteiger partial charge in [-0.05, 0) is 42.8 Å². The highest BCUT2D eigenvalue weighted by Gasteiger charge is 2.25. The van der Waals surface area contributed by atoms with Crippen LogP contribution in [0.3, 0.4) is 0 Å². The van der Waals surface area contributed by atoms with Crippen molar-refractivity contribution in [3.63, 3.8) is 0 Å².